The van der Waals surface area contributed by atoms with E-state index in [9.17, 15) is 14.4 Å². The Balaban J connectivity index is 1.89. The molecule has 2 rings (SSSR count). The SMILES string of the molecule is CC(C)C[C@@H](NC(=O)CCC(=O)c1ccc(Cl)cc1)C(=O)N1CCOCC1. The molecule has 148 valence electrons. The number of nitrogens with one attached hydrogen (secondary N) is 1. The second kappa shape index (κ2) is 10.4. The smallest absolute Gasteiger partial charge is 0.245 e. The summed E-state index contributed by atoms with van der Waals surface area (Å²) in [5, 5.41) is 3.37. The molecule has 0 unspecified atom stereocenters. The molecule has 1 aromatic rings. The molecular formula is C20H27ClN2O4. The highest BCUT2D eigenvalue weighted by Gasteiger charge is 2.27. The van der Waals surface area contributed by atoms with E-state index in [1.165, 1.54) is 0 Å². The Kier molecular flexibility index (Phi) is 8.25. The predicted molar refractivity (Wildman–Crippen MR) is 104 cm³/mol. The number of benzene rings is 1. The molecule has 7 heteroatoms. The van der Waals surface area contributed by atoms with Gasteiger partial charge in [-0.1, -0.05) is 25.4 Å². The summed E-state index contributed by atoms with van der Waals surface area (Å²) in [6, 6.07) is 6.02. The molecule has 2 amide bonds. The zero-order valence-electron chi connectivity index (χ0n) is 15.9. The highest BCUT2D eigenvalue weighted by molar-refractivity contribution is 6.30. The van der Waals surface area contributed by atoms with E-state index in [1.54, 1.807) is 29.2 Å². The predicted octanol–water partition coefficient (Wildman–Crippen LogP) is 2.69. The first-order valence-electron chi connectivity index (χ1n) is 9.31. The number of halogens is 1. The van der Waals surface area contributed by atoms with Crippen LogP contribution in [-0.4, -0.2) is 54.8 Å². The molecule has 0 aromatic heterocycles. The van der Waals surface area contributed by atoms with Crippen LogP contribution in [0.3, 0.4) is 0 Å². The van der Waals surface area contributed by atoms with Crippen molar-refractivity contribution in [3.05, 3.63) is 34.9 Å². The Hall–Kier alpha value is -1.92. The number of carbonyl (C=O) groups is 3. The normalized spacial score (nSPS) is 15.5. The van der Waals surface area contributed by atoms with Gasteiger partial charge in [0.25, 0.3) is 0 Å². The maximum atomic E-state index is 12.7. The third kappa shape index (κ3) is 6.96. The van der Waals surface area contributed by atoms with Crippen LogP contribution in [0.1, 0.15) is 43.5 Å². The molecule has 1 atom stereocenters. The summed E-state index contributed by atoms with van der Waals surface area (Å²) in [6.07, 6.45) is 0.702. The lowest BCUT2D eigenvalue weighted by atomic mass is 10.0. The van der Waals surface area contributed by atoms with Crippen LogP contribution in [0, 0.1) is 5.92 Å². The molecule has 1 N–H and O–H groups in total. The van der Waals surface area contributed by atoms with E-state index in [4.69, 9.17) is 16.3 Å². The summed E-state index contributed by atoms with van der Waals surface area (Å²) in [7, 11) is 0. The first kappa shape index (κ1) is 21.4. The molecule has 1 aliphatic heterocycles. The van der Waals surface area contributed by atoms with Crippen LogP contribution >= 0.6 is 11.6 Å². The third-order valence-electron chi connectivity index (χ3n) is 4.41. The van der Waals surface area contributed by atoms with Gasteiger partial charge in [-0.3, -0.25) is 14.4 Å². The standard InChI is InChI=1S/C20H27ClN2O4/c1-14(2)13-17(20(26)23-9-11-27-12-10-23)22-19(25)8-7-18(24)15-3-5-16(21)6-4-15/h3-6,14,17H,7-13H2,1-2H3,(H,22,25)/t17-/m1/s1. The number of morpholine rings is 1. The van der Waals surface area contributed by atoms with E-state index >= 15 is 0 Å². The van der Waals surface area contributed by atoms with Crippen LogP contribution in [0.25, 0.3) is 0 Å². The van der Waals surface area contributed by atoms with E-state index in [0.29, 0.717) is 43.3 Å². The van der Waals surface area contributed by atoms with Crippen molar-refractivity contribution in [2.75, 3.05) is 26.3 Å². The molecule has 27 heavy (non-hydrogen) atoms. The molecule has 0 aliphatic carbocycles. The number of Topliss-reactive ketones (excluding diaryl/α,β-unsaturated/α-hetero) is 1. The van der Waals surface area contributed by atoms with Gasteiger partial charge in [0.2, 0.25) is 11.8 Å². The lowest BCUT2D eigenvalue weighted by molar-refractivity contribution is -0.140. The third-order valence-corrected chi connectivity index (χ3v) is 4.66. The highest BCUT2D eigenvalue weighted by Crippen LogP contribution is 2.13. The van der Waals surface area contributed by atoms with Gasteiger partial charge < -0.3 is 15.0 Å². The van der Waals surface area contributed by atoms with Crippen molar-refractivity contribution in [2.45, 2.75) is 39.2 Å². The molecule has 0 spiro atoms. The fourth-order valence-corrected chi connectivity index (χ4v) is 3.10. The lowest BCUT2D eigenvalue weighted by Crippen LogP contribution is -2.52. The van der Waals surface area contributed by atoms with Crippen LogP contribution < -0.4 is 5.32 Å². The number of ketones is 1. The van der Waals surface area contributed by atoms with Crippen molar-refractivity contribution in [3.63, 3.8) is 0 Å². The average Bonchev–Trinajstić information content (AvgIpc) is 2.66. The average molecular weight is 395 g/mol. The molecule has 0 saturated carbocycles. The summed E-state index contributed by atoms with van der Waals surface area (Å²) in [4.78, 5) is 39.0. The number of carbonyl (C=O) groups excluding carboxylic acids is 3. The minimum absolute atomic E-state index is 0.0481. The number of rotatable bonds is 8. The van der Waals surface area contributed by atoms with Crippen LogP contribution in [0.2, 0.25) is 5.02 Å². The second-order valence-corrected chi connectivity index (χ2v) is 7.55. The minimum Gasteiger partial charge on any atom is -0.378 e. The molecule has 0 bridgehead atoms. The number of hydrogen-bond donors (Lipinski definition) is 1. The fraction of sp³-hybridized carbons (Fsp3) is 0.550. The maximum absolute atomic E-state index is 12.7. The minimum atomic E-state index is -0.568. The number of ether oxygens (including phenoxy) is 1. The quantitative estimate of drug-likeness (QED) is 0.688. The summed E-state index contributed by atoms with van der Waals surface area (Å²) in [5.41, 5.74) is 0.523. The largest absolute Gasteiger partial charge is 0.378 e. The topological polar surface area (TPSA) is 75.7 Å². The second-order valence-electron chi connectivity index (χ2n) is 7.12. The lowest BCUT2D eigenvalue weighted by Gasteiger charge is -2.31. The molecule has 1 aromatic carbocycles. The first-order chi connectivity index (χ1) is 12.9. The van der Waals surface area contributed by atoms with Gasteiger partial charge in [-0.2, -0.15) is 0 Å². The summed E-state index contributed by atoms with van der Waals surface area (Å²) >= 11 is 5.82. The van der Waals surface area contributed by atoms with Crippen molar-refractivity contribution >= 4 is 29.2 Å². The Labute approximate surface area is 165 Å². The van der Waals surface area contributed by atoms with Crippen LogP contribution in [0.15, 0.2) is 24.3 Å². The van der Waals surface area contributed by atoms with Gasteiger partial charge in [0.1, 0.15) is 6.04 Å². The monoisotopic (exact) mass is 394 g/mol. The van der Waals surface area contributed by atoms with Crippen molar-refractivity contribution in [1.29, 1.82) is 0 Å². The van der Waals surface area contributed by atoms with Crippen molar-refractivity contribution in [1.82, 2.24) is 10.2 Å². The van der Waals surface area contributed by atoms with Crippen LogP contribution in [0.5, 0.6) is 0 Å². The maximum Gasteiger partial charge on any atom is 0.245 e. The zero-order chi connectivity index (χ0) is 19.8. The van der Waals surface area contributed by atoms with E-state index in [2.05, 4.69) is 5.32 Å². The Morgan fingerprint density at radius 1 is 1.11 bits per heavy atom. The van der Waals surface area contributed by atoms with Crippen molar-refractivity contribution in [3.8, 4) is 0 Å². The summed E-state index contributed by atoms with van der Waals surface area (Å²) in [6.45, 7) is 6.13. The Bertz CT molecular complexity index is 654. The number of amides is 2. The van der Waals surface area contributed by atoms with Gasteiger partial charge in [-0.05, 0) is 36.6 Å². The van der Waals surface area contributed by atoms with Gasteiger partial charge in [0.15, 0.2) is 5.78 Å². The molecule has 1 fully saturated rings. The Morgan fingerprint density at radius 3 is 2.33 bits per heavy atom. The molecule has 1 heterocycles. The van der Waals surface area contributed by atoms with Gasteiger partial charge in [0.05, 0.1) is 13.2 Å². The molecule has 1 saturated heterocycles. The van der Waals surface area contributed by atoms with Crippen LogP contribution in [0.4, 0.5) is 0 Å². The Morgan fingerprint density at radius 2 is 1.74 bits per heavy atom. The van der Waals surface area contributed by atoms with E-state index in [-0.39, 0.29) is 36.4 Å². The van der Waals surface area contributed by atoms with Crippen LogP contribution in [-0.2, 0) is 14.3 Å². The van der Waals surface area contributed by atoms with Crippen molar-refractivity contribution in [2.24, 2.45) is 5.92 Å². The first-order valence-corrected chi connectivity index (χ1v) is 9.69. The molecular weight excluding hydrogens is 368 g/mol. The van der Waals surface area contributed by atoms with Gasteiger partial charge in [-0.25, -0.2) is 0 Å². The summed E-state index contributed by atoms with van der Waals surface area (Å²) < 4.78 is 5.28. The highest BCUT2D eigenvalue weighted by atomic mass is 35.5. The van der Waals surface area contributed by atoms with E-state index < -0.39 is 6.04 Å². The van der Waals surface area contributed by atoms with E-state index in [0.717, 1.165) is 0 Å². The van der Waals surface area contributed by atoms with E-state index in [1.807, 2.05) is 13.8 Å². The van der Waals surface area contributed by atoms with Gasteiger partial charge in [0, 0.05) is 36.5 Å². The van der Waals surface area contributed by atoms with Gasteiger partial charge in [-0.15, -0.1) is 0 Å². The zero-order valence-corrected chi connectivity index (χ0v) is 16.6. The number of nitrogens with zero attached hydrogens (tertiary/aromatic N) is 1. The summed E-state index contributed by atoms with van der Waals surface area (Å²) in [5.74, 6) is -0.230. The van der Waals surface area contributed by atoms with Gasteiger partial charge >= 0.3 is 0 Å². The van der Waals surface area contributed by atoms with Crippen molar-refractivity contribution < 1.29 is 19.1 Å². The molecule has 6 nitrogen and oxygen atoms in total. The number of hydrogen-bond acceptors (Lipinski definition) is 4. The molecule has 0 radical (unpaired) electrons. The fourth-order valence-electron chi connectivity index (χ4n) is 2.97. The molecule has 1 aliphatic rings.